The van der Waals surface area contributed by atoms with Gasteiger partial charge in [-0.3, -0.25) is 14.4 Å². The number of benzene rings is 2. The van der Waals surface area contributed by atoms with E-state index in [0.717, 1.165) is 0 Å². The summed E-state index contributed by atoms with van der Waals surface area (Å²) in [5, 5.41) is 2.52. The molecular weight excluding hydrogens is 630 g/mol. The van der Waals surface area contributed by atoms with E-state index in [0.29, 0.717) is 29.0 Å². The van der Waals surface area contributed by atoms with Crippen molar-refractivity contribution in [3.8, 4) is 11.5 Å². The van der Waals surface area contributed by atoms with Crippen molar-refractivity contribution in [2.45, 2.75) is 58.2 Å². The fourth-order valence-electron chi connectivity index (χ4n) is 4.86. The third-order valence-electron chi connectivity index (χ3n) is 7.23. The normalized spacial score (nSPS) is 12.0. The number of hydrogen-bond acceptors (Lipinski definition) is 9. The summed E-state index contributed by atoms with van der Waals surface area (Å²) in [7, 11) is 4.43. The SMILES string of the molecule is COC(=O)N[C@@H](CC/C=C/C(=O)N(C)C)C(=O)Cc1cccn(Cc2nc3c(Oc4ccccc4)cccc3n2C(=O)OC(C)(C)C)c1=O. The van der Waals surface area contributed by atoms with Crippen LogP contribution in [0.1, 0.15) is 45.0 Å². The first-order valence-corrected chi connectivity index (χ1v) is 15.7. The summed E-state index contributed by atoms with van der Waals surface area (Å²) >= 11 is 0. The highest BCUT2D eigenvalue weighted by atomic mass is 16.6. The number of alkyl carbamates (subject to hydrolysis) is 1. The highest BCUT2D eigenvalue weighted by Crippen LogP contribution is 2.31. The monoisotopic (exact) mass is 671 g/mol. The van der Waals surface area contributed by atoms with Crippen LogP contribution in [-0.4, -0.2) is 75.7 Å². The van der Waals surface area contributed by atoms with E-state index in [1.807, 2.05) is 18.2 Å². The molecule has 0 saturated carbocycles. The molecule has 0 aliphatic carbocycles. The van der Waals surface area contributed by atoms with Crippen LogP contribution in [0.3, 0.4) is 0 Å². The van der Waals surface area contributed by atoms with Crippen LogP contribution < -0.4 is 15.6 Å². The number of aromatic nitrogens is 3. The van der Waals surface area contributed by atoms with E-state index in [1.54, 1.807) is 77.3 Å². The number of rotatable bonds is 12. The Morgan fingerprint density at radius 1 is 1.00 bits per heavy atom. The van der Waals surface area contributed by atoms with E-state index in [1.165, 1.54) is 39.5 Å². The van der Waals surface area contributed by atoms with Gasteiger partial charge in [0.05, 0.1) is 25.2 Å². The Morgan fingerprint density at radius 2 is 1.73 bits per heavy atom. The number of ketones is 1. The fourth-order valence-corrected chi connectivity index (χ4v) is 4.86. The topological polar surface area (TPSA) is 151 Å². The molecule has 0 bridgehead atoms. The lowest BCUT2D eigenvalue weighted by atomic mass is 10.0. The summed E-state index contributed by atoms with van der Waals surface area (Å²) in [6, 6.07) is 16.5. The van der Waals surface area contributed by atoms with Gasteiger partial charge < -0.3 is 29.0 Å². The average molecular weight is 672 g/mol. The van der Waals surface area contributed by atoms with Gasteiger partial charge in [0.2, 0.25) is 5.91 Å². The number of nitrogens with one attached hydrogen (secondary N) is 1. The standard InChI is InChI=1S/C36H41N5O8/c1-36(2,3)49-35(46)41-27-18-12-19-29(48-25-15-8-7-9-16-25)32(27)38-30(41)23-40-21-13-14-24(33(40)44)22-28(42)26(37-34(45)47-6)17-10-11-20-31(43)39(4)5/h7-9,11-16,18-21,26H,10,17,22-23H2,1-6H3,(H,37,45)/b20-11+/t26-/m0/s1. The highest BCUT2D eigenvalue weighted by Gasteiger charge is 2.26. The van der Waals surface area contributed by atoms with Gasteiger partial charge in [0.25, 0.3) is 5.56 Å². The summed E-state index contributed by atoms with van der Waals surface area (Å²) in [5.74, 6) is 0.562. The number of carbonyl (C=O) groups excluding carboxylic acids is 4. The number of methoxy groups -OCH3 is 1. The van der Waals surface area contributed by atoms with Crippen LogP contribution >= 0.6 is 0 Å². The van der Waals surface area contributed by atoms with Crippen molar-refractivity contribution in [3.05, 3.63) is 101 Å². The third kappa shape index (κ3) is 9.66. The van der Waals surface area contributed by atoms with Crippen LogP contribution in [0.4, 0.5) is 9.59 Å². The van der Waals surface area contributed by atoms with Crippen molar-refractivity contribution in [2.24, 2.45) is 0 Å². The Labute approximate surface area is 284 Å². The minimum atomic E-state index is -0.973. The minimum Gasteiger partial charge on any atom is -0.455 e. The first-order chi connectivity index (χ1) is 23.3. The van der Waals surface area contributed by atoms with Crippen LogP contribution in [0.2, 0.25) is 0 Å². The van der Waals surface area contributed by atoms with E-state index < -0.39 is 35.2 Å². The van der Waals surface area contributed by atoms with E-state index in [9.17, 15) is 24.0 Å². The number of imidazole rings is 1. The molecule has 0 radical (unpaired) electrons. The zero-order valence-corrected chi connectivity index (χ0v) is 28.5. The van der Waals surface area contributed by atoms with Gasteiger partial charge in [0.15, 0.2) is 11.5 Å². The number of pyridine rings is 1. The first kappa shape index (κ1) is 36.1. The number of hydrogen-bond donors (Lipinski definition) is 1. The number of fused-ring (bicyclic) bond motifs is 1. The molecule has 0 unspecified atom stereocenters. The van der Waals surface area contributed by atoms with Crippen LogP contribution in [-0.2, 0) is 32.0 Å². The van der Waals surface area contributed by atoms with Crippen molar-refractivity contribution in [1.29, 1.82) is 0 Å². The molecule has 0 spiro atoms. The number of ether oxygens (including phenoxy) is 3. The summed E-state index contributed by atoms with van der Waals surface area (Å²) in [4.78, 5) is 70.7. The van der Waals surface area contributed by atoms with Crippen molar-refractivity contribution >= 4 is 34.9 Å². The second kappa shape index (κ2) is 15.9. The Hall–Kier alpha value is -5.72. The predicted octanol–water partition coefficient (Wildman–Crippen LogP) is 5.08. The molecule has 4 aromatic rings. The lowest BCUT2D eigenvalue weighted by Crippen LogP contribution is -2.42. The maximum atomic E-state index is 13.7. The molecule has 2 aromatic carbocycles. The van der Waals surface area contributed by atoms with Gasteiger partial charge in [-0.2, -0.15) is 0 Å². The molecule has 2 heterocycles. The Morgan fingerprint density at radius 3 is 2.41 bits per heavy atom. The lowest BCUT2D eigenvalue weighted by molar-refractivity contribution is -0.123. The zero-order chi connectivity index (χ0) is 35.7. The Bertz CT molecular complexity index is 1900. The van der Waals surface area contributed by atoms with E-state index >= 15 is 0 Å². The van der Waals surface area contributed by atoms with Crippen molar-refractivity contribution in [2.75, 3.05) is 21.2 Å². The number of carbonyl (C=O) groups is 4. The summed E-state index contributed by atoms with van der Waals surface area (Å²) in [5.41, 5.74) is -0.296. The summed E-state index contributed by atoms with van der Waals surface area (Å²) in [6.07, 6.45) is 3.27. The molecule has 13 heteroatoms. The van der Waals surface area contributed by atoms with Gasteiger partial charge in [-0.1, -0.05) is 36.4 Å². The summed E-state index contributed by atoms with van der Waals surface area (Å²) in [6.45, 7) is 5.12. The van der Waals surface area contributed by atoms with Gasteiger partial charge >= 0.3 is 12.2 Å². The fraction of sp³-hybridized carbons (Fsp3) is 0.333. The van der Waals surface area contributed by atoms with Gasteiger partial charge in [0.1, 0.15) is 22.7 Å². The second-order valence-electron chi connectivity index (χ2n) is 12.4. The summed E-state index contributed by atoms with van der Waals surface area (Å²) < 4.78 is 19.2. The molecule has 0 aliphatic heterocycles. The van der Waals surface area contributed by atoms with Crippen molar-refractivity contribution in [3.63, 3.8) is 0 Å². The largest absolute Gasteiger partial charge is 0.455 e. The van der Waals surface area contributed by atoms with E-state index in [4.69, 9.17) is 19.2 Å². The molecule has 2 amide bonds. The first-order valence-electron chi connectivity index (χ1n) is 15.7. The van der Waals surface area contributed by atoms with Gasteiger partial charge in [-0.25, -0.2) is 19.1 Å². The maximum absolute atomic E-state index is 13.7. The minimum absolute atomic E-state index is 0.131. The Kier molecular flexibility index (Phi) is 11.7. The highest BCUT2D eigenvalue weighted by molar-refractivity contribution is 5.91. The number of amides is 2. The van der Waals surface area contributed by atoms with Crippen LogP contribution in [0.25, 0.3) is 11.0 Å². The molecule has 0 fully saturated rings. The molecule has 2 aromatic heterocycles. The van der Waals surface area contributed by atoms with Gasteiger partial charge in [-0.15, -0.1) is 0 Å². The zero-order valence-electron chi connectivity index (χ0n) is 28.5. The van der Waals surface area contributed by atoms with E-state index in [2.05, 4.69) is 5.32 Å². The maximum Gasteiger partial charge on any atom is 0.420 e. The number of Topliss-reactive ketones (excluding diaryl/α,β-unsaturated/α-hetero) is 1. The van der Waals surface area contributed by atoms with Crippen LogP contribution in [0.15, 0.2) is 83.8 Å². The molecule has 0 saturated heterocycles. The van der Waals surface area contributed by atoms with Gasteiger partial charge in [0, 0.05) is 32.3 Å². The molecule has 1 N–H and O–H groups in total. The molecule has 4 rings (SSSR count). The number of nitrogens with zero attached hydrogens (tertiary/aromatic N) is 4. The average Bonchev–Trinajstić information content (AvgIpc) is 3.42. The smallest absolute Gasteiger partial charge is 0.420 e. The van der Waals surface area contributed by atoms with Crippen molar-refractivity contribution in [1.82, 2.24) is 24.3 Å². The second-order valence-corrected chi connectivity index (χ2v) is 12.4. The van der Waals surface area contributed by atoms with Crippen LogP contribution in [0.5, 0.6) is 11.5 Å². The Balaban J connectivity index is 1.65. The van der Waals surface area contributed by atoms with E-state index in [-0.39, 0.29) is 36.7 Å². The molecule has 13 nitrogen and oxygen atoms in total. The molecule has 1 atom stereocenters. The van der Waals surface area contributed by atoms with Gasteiger partial charge in [-0.05, 0) is 70.0 Å². The molecule has 258 valence electrons. The van der Waals surface area contributed by atoms with Crippen LogP contribution in [0, 0.1) is 0 Å². The number of para-hydroxylation sites is 2. The number of likely N-dealkylation sites (N-methyl/N-ethyl adjacent to an activating group) is 1. The molecule has 49 heavy (non-hydrogen) atoms. The number of allylic oxidation sites excluding steroid dienone is 1. The third-order valence-corrected chi connectivity index (χ3v) is 7.23. The quantitative estimate of drug-likeness (QED) is 0.203. The van der Waals surface area contributed by atoms with Crippen molar-refractivity contribution < 1.29 is 33.4 Å². The predicted molar refractivity (Wildman–Crippen MR) is 183 cm³/mol. The lowest BCUT2D eigenvalue weighted by Gasteiger charge is -2.20. The molecule has 0 aliphatic rings. The molecular formula is C36H41N5O8.